The number of hydrogen-bond donors (Lipinski definition) is 1. The molecule has 1 aliphatic rings. The number of nitrogens with zero attached hydrogens (tertiary/aromatic N) is 2. The van der Waals surface area contributed by atoms with Gasteiger partial charge in [-0.15, -0.1) is 0 Å². The third-order valence-electron chi connectivity index (χ3n) is 2.87. The highest BCUT2D eigenvalue weighted by Gasteiger charge is 2.23. The van der Waals surface area contributed by atoms with Crippen LogP contribution in [0, 0.1) is 0 Å². The van der Waals surface area contributed by atoms with Crippen LogP contribution in [0.15, 0.2) is 21.7 Å². The van der Waals surface area contributed by atoms with Crippen LogP contribution in [0.5, 0.6) is 0 Å². The monoisotopic (exact) mass is 253 g/mol. The van der Waals surface area contributed by atoms with Gasteiger partial charge in [-0.05, 0) is 6.92 Å². The molecule has 7 nitrogen and oxygen atoms in total. The molecule has 1 unspecified atom stereocenters. The molecule has 1 aromatic heterocycles. The second kappa shape index (κ2) is 5.18. The van der Waals surface area contributed by atoms with E-state index in [0.29, 0.717) is 19.8 Å². The number of hydrogen-bond acceptors (Lipinski definition) is 4. The van der Waals surface area contributed by atoms with Crippen molar-refractivity contribution in [3.63, 3.8) is 0 Å². The maximum atomic E-state index is 12.0. The summed E-state index contributed by atoms with van der Waals surface area (Å²) in [6.45, 7) is 3.22. The number of amides is 1. The first kappa shape index (κ1) is 12.6. The zero-order chi connectivity index (χ0) is 13.1. The topological polar surface area (TPSA) is 84.4 Å². The normalized spacial score (nSPS) is 19.8. The number of H-pyrrole nitrogens is 1. The number of nitrogens with one attached hydrogen (secondary N) is 1. The SMILES string of the molecule is CC1COCCN1C(=O)Cn1[nH]c(=O)ccc1=O. The number of carbonyl (C=O) groups excluding carboxylic acids is 1. The van der Waals surface area contributed by atoms with Crippen molar-refractivity contribution < 1.29 is 9.53 Å². The summed E-state index contributed by atoms with van der Waals surface area (Å²) in [5.74, 6) is -0.199. The van der Waals surface area contributed by atoms with Crippen LogP contribution in [0.25, 0.3) is 0 Å². The van der Waals surface area contributed by atoms with Crippen LogP contribution >= 0.6 is 0 Å². The van der Waals surface area contributed by atoms with Gasteiger partial charge in [0.2, 0.25) is 5.91 Å². The molecule has 0 spiro atoms. The molecule has 0 bridgehead atoms. The average molecular weight is 253 g/mol. The Balaban J connectivity index is 2.13. The van der Waals surface area contributed by atoms with E-state index in [9.17, 15) is 14.4 Å². The van der Waals surface area contributed by atoms with Crippen molar-refractivity contribution in [2.24, 2.45) is 0 Å². The molecule has 1 N–H and O–H groups in total. The van der Waals surface area contributed by atoms with Crippen molar-refractivity contribution in [1.29, 1.82) is 0 Å². The van der Waals surface area contributed by atoms with Crippen LogP contribution in [-0.4, -0.2) is 46.4 Å². The molecule has 98 valence electrons. The molecular weight excluding hydrogens is 238 g/mol. The van der Waals surface area contributed by atoms with E-state index in [0.717, 1.165) is 16.8 Å². The Hall–Kier alpha value is -1.89. The van der Waals surface area contributed by atoms with Crippen LogP contribution in [0.1, 0.15) is 6.92 Å². The van der Waals surface area contributed by atoms with Gasteiger partial charge in [-0.1, -0.05) is 0 Å². The van der Waals surface area contributed by atoms with Gasteiger partial charge in [0, 0.05) is 18.7 Å². The minimum Gasteiger partial charge on any atom is -0.377 e. The van der Waals surface area contributed by atoms with E-state index < -0.39 is 11.1 Å². The Kier molecular flexibility index (Phi) is 3.61. The zero-order valence-corrected chi connectivity index (χ0v) is 10.1. The highest BCUT2D eigenvalue weighted by molar-refractivity contribution is 5.76. The van der Waals surface area contributed by atoms with Crippen molar-refractivity contribution in [1.82, 2.24) is 14.7 Å². The third-order valence-corrected chi connectivity index (χ3v) is 2.87. The Morgan fingerprint density at radius 2 is 2.28 bits per heavy atom. The van der Waals surface area contributed by atoms with E-state index >= 15 is 0 Å². The number of rotatable bonds is 2. The summed E-state index contributed by atoms with van der Waals surface area (Å²) >= 11 is 0. The summed E-state index contributed by atoms with van der Waals surface area (Å²) in [5.41, 5.74) is -0.804. The predicted octanol–water partition coefficient (Wildman–Crippen LogP) is -1.22. The summed E-state index contributed by atoms with van der Waals surface area (Å²) in [7, 11) is 0. The number of aromatic amines is 1. The molecule has 0 radical (unpaired) electrons. The number of carbonyl (C=O) groups is 1. The first-order valence-corrected chi connectivity index (χ1v) is 5.75. The van der Waals surface area contributed by atoms with Gasteiger partial charge in [-0.25, -0.2) is 4.68 Å². The second-order valence-corrected chi connectivity index (χ2v) is 4.24. The third kappa shape index (κ3) is 2.67. The summed E-state index contributed by atoms with van der Waals surface area (Å²) in [4.78, 5) is 36.3. The molecule has 0 aromatic carbocycles. The van der Waals surface area contributed by atoms with E-state index in [4.69, 9.17) is 4.74 Å². The van der Waals surface area contributed by atoms with Crippen LogP contribution < -0.4 is 11.1 Å². The van der Waals surface area contributed by atoms with E-state index in [1.54, 1.807) is 4.90 Å². The fraction of sp³-hybridized carbons (Fsp3) is 0.545. The Morgan fingerprint density at radius 1 is 1.50 bits per heavy atom. The number of ether oxygens (including phenoxy) is 1. The molecule has 1 fully saturated rings. The molecule has 18 heavy (non-hydrogen) atoms. The van der Waals surface area contributed by atoms with Gasteiger partial charge < -0.3 is 9.64 Å². The van der Waals surface area contributed by atoms with Gasteiger partial charge in [0.25, 0.3) is 11.1 Å². The molecule has 2 rings (SSSR count). The molecule has 1 atom stereocenters. The smallest absolute Gasteiger partial charge is 0.265 e. The maximum Gasteiger partial charge on any atom is 0.265 e. The number of morpholine rings is 1. The molecule has 1 saturated heterocycles. The summed E-state index contributed by atoms with van der Waals surface area (Å²) in [6, 6.07) is 2.27. The maximum absolute atomic E-state index is 12.0. The van der Waals surface area contributed by atoms with Crippen molar-refractivity contribution in [3.05, 3.63) is 32.8 Å². The first-order valence-electron chi connectivity index (χ1n) is 5.75. The largest absolute Gasteiger partial charge is 0.377 e. The van der Waals surface area contributed by atoms with Crippen molar-refractivity contribution in [2.45, 2.75) is 19.5 Å². The average Bonchev–Trinajstić information content (AvgIpc) is 2.34. The Morgan fingerprint density at radius 3 is 3.00 bits per heavy atom. The summed E-state index contributed by atoms with van der Waals surface area (Å²) in [5, 5.41) is 2.33. The van der Waals surface area contributed by atoms with Gasteiger partial charge in [0.05, 0.1) is 19.3 Å². The zero-order valence-electron chi connectivity index (χ0n) is 10.1. The van der Waals surface area contributed by atoms with Crippen molar-refractivity contribution >= 4 is 5.91 Å². The van der Waals surface area contributed by atoms with Crippen LogP contribution in [0.4, 0.5) is 0 Å². The lowest BCUT2D eigenvalue weighted by molar-refractivity contribution is -0.140. The molecule has 7 heteroatoms. The first-order chi connectivity index (χ1) is 8.58. The number of aromatic nitrogens is 2. The lowest BCUT2D eigenvalue weighted by Crippen LogP contribution is -2.49. The van der Waals surface area contributed by atoms with Crippen LogP contribution in [0.2, 0.25) is 0 Å². The molecule has 1 amide bonds. The van der Waals surface area contributed by atoms with E-state index in [1.807, 2.05) is 6.92 Å². The van der Waals surface area contributed by atoms with Crippen molar-refractivity contribution in [3.8, 4) is 0 Å². The quantitative estimate of drug-likeness (QED) is 0.716. The van der Waals surface area contributed by atoms with Gasteiger partial charge in [0.1, 0.15) is 6.54 Å². The van der Waals surface area contributed by atoms with E-state index in [2.05, 4.69) is 5.10 Å². The van der Waals surface area contributed by atoms with Crippen LogP contribution in [-0.2, 0) is 16.1 Å². The minimum absolute atomic E-state index is 0.0163. The van der Waals surface area contributed by atoms with Gasteiger partial charge >= 0.3 is 0 Å². The highest BCUT2D eigenvalue weighted by Crippen LogP contribution is 2.06. The van der Waals surface area contributed by atoms with E-state index in [1.165, 1.54) is 0 Å². The molecule has 1 aromatic rings. The second-order valence-electron chi connectivity index (χ2n) is 4.24. The Labute approximate surface area is 103 Å². The molecule has 0 saturated carbocycles. The standard InChI is InChI=1S/C11H15N3O4/c1-8-7-18-5-4-13(8)11(17)6-14-10(16)3-2-9(15)12-14/h2-3,8H,4-7H2,1H3,(H,12,15). The van der Waals surface area contributed by atoms with Crippen molar-refractivity contribution in [2.75, 3.05) is 19.8 Å². The Bertz CT molecular complexity index is 548. The lowest BCUT2D eigenvalue weighted by Gasteiger charge is -2.33. The fourth-order valence-electron chi connectivity index (χ4n) is 1.90. The highest BCUT2D eigenvalue weighted by atomic mass is 16.5. The van der Waals surface area contributed by atoms with Crippen LogP contribution in [0.3, 0.4) is 0 Å². The van der Waals surface area contributed by atoms with Gasteiger partial charge in [-0.3, -0.25) is 19.5 Å². The predicted molar refractivity (Wildman–Crippen MR) is 63.3 cm³/mol. The minimum atomic E-state index is -0.405. The van der Waals surface area contributed by atoms with Gasteiger partial charge in [-0.2, -0.15) is 0 Å². The van der Waals surface area contributed by atoms with E-state index in [-0.39, 0.29) is 18.5 Å². The molecule has 0 aliphatic carbocycles. The summed E-state index contributed by atoms with van der Waals surface area (Å²) < 4.78 is 6.26. The summed E-state index contributed by atoms with van der Waals surface area (Å²) in [6.07, 6.45) is 0. The molecule has 1 aliphatic heterocycles. The fourth-order valence-corrected chi connectivity index (χ4v) is 1.90. The van der Waals surface area contributed by atoms with Gasteiger partial charge in [0.15, 0.2) is 0 Å². The lowest BCUT2D eigenvalue weighted by atomic mass is 10.2. The molecular formula is C11H15N3O4. The molecule has 2 heterocycles.